The van der Waals surface area contributed by atoms with E-state index in [-0.39, 0.29) is 10.5 Å². The summed E-state index contributed by atoms with van der Waals surface area (Å²) in [5, 5.41) is 7.82. The predicted octanol–water partition coefficient (Wildman–Crippen LogP) is 1.56. The van der Waals surface area contributed by atoms with Crippen LogP contribution in [0, 0.1) is 0 Å². The van der Waals surface area contributed by atoms with Gasteiger partial charge in [0, 0.05) is 23.8 Å². The van der Waals surface area contributed by atoms with Crippen LogP contribution in [0.2, 0.25) is 0 Å². The molecule has 4 rings (SSSR count). The molecule has 0 spiro atoms. The molecule has 0 bridgehead atoms. The zero-order valence-corrected chi connectivity index (χ0v) is 15.2. The summed E-state index contributed by atoms with van der Waals surface area (Å²) in [4.78, 5) is 15.4. The predicted molar refractivity (Wildman–Crippen MR) is 99.2 cm³/mol. The van der Waals surface area contributed by atoms with Gasteiger partial charge in [-0.25, -0.2) is 12.9 Å². The lowest BCUT2D eigenvalue weighted by atomic mass is 9.94. The number of H-pyrrole nitrogens is 1. The lowest BCUT2D eigenvalue weighted by Crippen LogP contribution is -2.28. The van der Waals surface area contributed by atoms with Gasteiger partial charge < -0.3 is 10.3 Å². The Morgan fingerprint density at radius 3 is 2.50 bits per heavy atom. The molecule has 8 heteroatoms. The monoisotopic (exact) mass is 372 g/mol. The van der Waals surface area contributed by atoms with Crippen LogP contribution in [0.15, 0.2) is 46.2 Å². The van der Waals surface area contributed by atoms with E-state index >= 15 is 0 Å². The number of aromatic nitrogens is 3. The zero-order valence-electron chi connectivity index (χ0n) is 14.4. The molecule has 3 aromatic rings. The van der Waals surface area contributed by atoms with Gasteiger partial charge in [-0.15, -0.1) is 0 Å². The van der Waals surface area contributed by atoms with E-state index in [1.807, 2.05) is 0 Å². The maximum atomic E-state index is 12.2. The fourth-order valence-electron chi connectivity index (χ4n) is 3.51. The standard InChI is InChI=1S/C18H20N4O3S/c1-26(24,25)14-4-2-12(3-5-14)15-11-20-22-16(10-17(23)21-18(15)22)13-6-8-19-9-7-13/h2-5,10-11,13,19H,6-9H2,1H3,(H,21,23). The molecule has 0 unspecified atom stereocenters. The summed E-state index contributed by atoms with van der Waals surface area (Å²) in [7, 11) is -3.24. The number of hydrogen-bond donors (Lipinski definition) is 2. The van der Waals surface area contributed by atoms with E-state index in [0.29, 0.717) is 11.6 Å². The minimum Gasteiger partial charge on any atom is -0.317 e. The lowest BCUT2D eigenvalue weighted by molar-refractivity contribution is 0.446. The van der Waals surface area contributed by atoms with Gasteiger partial charge in [-0.1, -0.05) is 12.1 Å². The van der Waals surface area contributed by atoms with Gasteiger partial charge in [0.05, 0.1) is 16.8 Å². The van der Waals surface area contributed by atoms with Gasteiger partial charge in [-0.05, 0) is 43.6 Å². The molecule has 136 valence electrons. The van der Waals surface area contributed by atoms with E-state index in [1.54, 1.807) is 41.0 Å². The Labute approximate surface area is 151 Å². The number of fused-ring (bicyclic) bond motifs is 1. The SMILES string of the molecule is CS(=O)(=O)c1ccc(-c2cnn3c(C4CCNCC4)cc(=O)[nH]c23)cc1. The molecule has 1 aliphatic rings. The Hall–Kier alpha value is -2.45. The van der Waals surface area contributed by atoms with E-state index in [2.05, 4.69) is 15.4 Å². The first-order valence-electron chi connectivity index (χ1n) is 8.55. The van der Waals surface area contributed by atoms with Crippen LogP contribution < -0.4 is 10.9 Å². The van der Waals surface area contributed by atoms with Crippen LogP contribution >= 0.6 is 0 Å². The number of benzene rings is 1. The molecule has 2 N–H and O–H groups in total. The van der Waals surface area contributed by atoms with Crippen molar-refractivity contribution in [2.24, 2.45) is 0 Å². The van der Waals surface area contributed by atoms with Crippen molar-refractivity contribution in [2.45, 2.75) is 23.7 Å². The van der Waals surface area contributed by atoms with Crippen LogP contribution in [-0.4, -0.2) is 42.4 Å². The highest BCUT2D eigenvalue weighted by Gasteiger charge is 2.21. The van der Waals surface area contributed by atoms with Crippen molar-refractivity contribution in [3.8, 4) is 11.1 Å². The van der Waals surface area contributed by atoms with Gasteiger partial charge in [0.25, 0.3) is 5.56 Å². The van der Waals surface area contributed by atoms with Crippen LogP contribution in [0.25, 0.3) is 16.8 Å². The van der Waals surface area contributed by atoms with E-state index in [9.17, 15) is 13.2 Å². The summed E-state index contributed by atoms with van der Waals surface area (Å²) in [6.45, 7) is 1.86. The molecule has 0 radical (unpaired) electrons. The number of rotatable bonds is 3. The Morgan fingerprint density at radius 1 is 1.15 bits per heavy atom. The minimum atomic E-state index is -3.24. The van der Waals surface area contributed by atoms with E-state index in [0.717, 1.165) is 42.8 Å². The summed E-state index contributed by atoms with van der Waals surface area (Å²) >= 11 is 0. The molecule has 3 heterocycles. The maximum absolute atomic E-state index is 12.2. The van der Waals surface area contributed by atoms with Crippen LogP contribution in [0.4, 0.5) is 0 Å². The van der Waals surface area contributed by atoms with Gasteiger partial charge in [0.2, 0.25) is 0 Å². The molecule has 1 fully saturated rings. The number of nitrogens with zero attached hydrogens (tertiary/aromatic N) is 2. The second kappa shape index (κ2) is 6.37. The van der Waals surface area contributed by atoms with Crippen molar-refractivity contribution in [2.75, 3.05) is 19.3 Å². The summed E-state index contributed by atoms with van der Waals surface area (Å²) in [6, 6.07) is 8.25. The molecular formula is C18H20N4O3S. The van der Waals surface area contributed by atoms with E-state index < -0.39 is 9.84 Å². The average molecular weight is 372 g/mol. The second-order valence-corrected chi connectivity index (χ2v) is 8.71. The quantitative estimate of drug-likeness (QED) is 0.727. The van der Waals surface area contributed by atoms with Crippen LogP contribution in [0.3, 0.4) is 0 Å². The number of nitrogens with one attached hydrogen (secondary N) is 2. The van der Waals surface area contributed by atoms with Crippen molar-refractivity contribution < 1.29 is 8.42 Å². The van der Waals surface area contributed by atoms with E-state index in [1.165, 1.54) is 6.26 Å². The van der Waals surface area contributed by atoms with Gasteiger partial charge in [0.15, 0.2) is 9.84 Å². The summed E-state index contributed by atoms with van der Waals surface area (Å²) in [5.74, 6) is 0.293. The third-order valence-corrected chi connectivity index (χ3v) is 6.01. The molecular weight excluding hydrogens is 352 g/mol. The molecule has 0 saturated carbocycles. The van der Waals surface area contributed by atoms with Gasteiger partial charge in [-0.3, -0.25) is 4.79 Å². The van der Waals surface area contributed by atoms with Crippen molar-refractivity contribution in [3.63, 3.8) is 0 Å². The van der Waals surface area contributed by atoms with Crippen molar-refractivity contribution in [3.05, 3.63) is 52.6 Å². The highest BCUT2D eigenvalue weighted by atomic mass is 32.2. The summed E-state index contributed by atoms with van der Waals surface area (Å²) in [6.07, 6.45) is 4.83. The summed E-state index contributed by atoms with van der Waals surface area (Å²) < 4.78 is 25.1. The van der Waals surface area contributed by atoms with Crippen LogP contribution in [-0.2, 0) is 9.84 Å². The Kier molecular flexibility index (Phi) is 4.16. The molecule has 1 aliphatic heterocycles. The number of piperidine rings is 1. The molecule has 1 saturated heterocycles. The first-order valence-corrected chi connectivity index (χ1v) is 10.4. The number of sulfone groups is 1. The average Bonchev–Trinajstić information content (AvgIpc) is 3.05. The van der Waals surface area contributed by atoms with Crippen molar-refractivity contribution in [1.82, 2.24) is 19.9 Å². The second-order valence-electron chi connectivity index (χ2n) is 6.70. The highest BCUT2D eigenvalue weighted by molar-refractivity contribution is 7.90. The van der Waals surface area contributed by atoms with Crippen LogP contribution in [0.1, 0.15) is 24.5 Å². The van der Waals surface area contributed by atoms with E-state index in [4.69, 9.17) is 0 Å². The Morgan fingerprint density at radius 2 is 1.85 bits per heavy atom. The third kappa shape index (κ3) is 3.06. The van der Waals surface area contributed by atoms with Gasteiger partial charge in [-0.2, -0.15) is 5.10 Å². The third-order valence-electron chi connectivity index (χ3n) is 4.89. The molecule has 0 atom stereocenters. The highest BCUT2D eigenvalue weighted by Crippen LogP contribution is 2.28. The minimum absolute atomic E-state index is 0.152. The molecule has 0 amide bonds. The smallest absolute Gasteiger partial charge is 0.251 e. The fourth-order valence-corrected chi connectivity index (χ4v) is 4.14. The number of aromatic amines is 1. The fraction of sp³-hybridized carbons (Fsp3) is 0.333. The Balaban J connectivity index is 1.82. The number of hydrogen-bond acceptors (Lipinski definition) is 5. The first-order chi connectivity index (χ1) is 12.4. The molecule has 26 heavy (non-hydrogen) atoms. The molecule has 2 aromatic heterocycles. The zero-order chi connectivity index (χ0) is 18.3. The van der Waals surface area contributed by atoms with Gasteiger partial charge in [0.1, 0.15) is 5.65 Å². The van der Waals surface area contributed by atoms with Crippen molar-refractivity contribution in [1.29, 1.82) is 0 Å². The largest absolute Gasteiger partial charge is 0.317 e. The summed E-state index contributed by atoms with van der Waals surface area (Å²) in [5.41, 5.74) is 2.99. The Bertz CT molecular complexity index is 1110. The normalized spacial score (nSPS) is 16.2. The maximum Gasteiger partial charge on any atom is 0.251 e. The molecule has 1 aromatic carbocycles. The van der Waals surface area contributed by atoms with Gasteiger partial charge >= 0.3 is 0 Å². The van der Waals surface area contributed by atoms with Crippen LogP contribution in [0.5, 0.6) is 0 Å². The lowest BCUT2D eigenvalue weighted by Gasteiger charge is -2.23. The topological polar surface area (TPSA) is 96.3 Å². The first kappa shape index (κ1) is 17.0. The molecule has 7 nitrogen and oxygen atoms in total. The molecule has 0 aliphatic carbocycles. The van der Waals surface area contributed by atoms with Crippen molar-refractivity contribution >= 4 is 15.5 Å².